The van der Waals surface area contributed by atoms with Crippen molar-refractivity contribution in [3.63, 3.8) is 0 Å². The van der Waals surface area contributed by atoms with E-state index in [1.165, 1.54) is 0 Å². The Balaban J connectivity index is 2.60. The molecule has 27 heavy (non-hydrogen) atoms. The van der Waals surface area contributed by atoms with Crippen LogP contribution in [-0.4, -0.2) is 30.1 Å². The molecular formula is C17H18ClF3N2O4. The lowest BCUT2D eigenvalue weighted by atomic mass is 10.1. The molecule has 1 rings (SSSR count). The number of ether oxygens (including phenoxy) is 1. The predicted octanol–water partition coefficient (Wildman–Crippen LogP) is 3.54. The minimum Gasteiger partial charge on any atom is -0.452 e. The summed E-state index contributed by atoms with van der Waals surface area (Å²) in [5.41, 5.74) is -1.53. The SMILES string of the molecule is CC(C)(C)NC(=O)NC(=O)COC(=O)/C=C/c1cc(C(F)(F)F)ccc1Cl. The molecule has 0 fully saturated rings. The lowest BCUT2D eigenvalue weighted by molar-refractivity contribution is -0.143. The highest BCUT2D eigenvalue weighted by atomic mass is 35.5. The molecule has 3 amide bonds. The Morgan fingerprint density at radius 3 is 2.37 bits per heavy atom. The van der Waals surface area contributed by atoms with Crippen LogP contribution in [0.25, 0.3) is 6.08 Å². The Labute approximate surface area is 158 Å². The van der Waals surface area contributed by atoms with Gasteiger partial charge < -0.3 is 10.1 Å². The molecule has 0 spiro atoms. The summed E-state index contributed by atoms with van der Waals surface area (Å²) < 4.78 is 42.6. The Morgan fingerprint density at radius 1 is 1.19 bits per heavy atom. The zero-order valence-electron chi connectivity index (χ0n) is 14.7. The third kappa shape index (κ3) is 8.59. The second-order valence-corrected chi connectivity index (χ2v) is 6.83. The van der Waals surface area contributed by atoms with E-state index in [1.807, 2.05) is 5.32 Å². The summed E-state index contributed by atoms with van der Waals surface area (Å²) in [6, 6.07) is 1.88. The highest BCUT2D eigenvalue weighted by Crippen LogP contribution is 2.32. The first-order valence-corrected chi connectivity index (χ1v) is 7.99. The largest absolute Gasteiger partial charge is 0.452 e. The van der Waals surface area contributed by atoms with Gasteiger partial charge in [0.1, 0.15) is 0 Å². The molecule has 0 aliphatic carbocycles. The van der Waals surface area contributed by atoms with E-state index in [4.69, 9.17) is 11.6 Å². The molecule has 0 aliphatic rings. The molecule has 0 aromatic heterocycles. The van der Waals surface area contributed by atoms with Crippen LogP contribution in [0.4, 0.5) is 18.0 Å². The van der Waals surface area contributed by atoms with Crippen LogP contribution in [-0.2, 0) is 20.5 Å². The summed E-state index contributed by atoms with van der Waals surface area (Å²) in [6.45, 7) is 4.39. The summed E-state index contributed by atoms with van der Waals surface area (Å²) in [6.07, 6.45) is -2.70. The summed E-state index contributed by atoms with van der Waals surface area (Å²) in [7, 11) is 0. The zero-order chi connectivity index (χ0) is 20.8. The van der Waals surface area contributed by atoms with Crippen molar-refractivity contribution in [3.8, 4) is 0 Å². The number of amides is 3. The standard InChI is InChI=1S/C17H18ClF3N2O4/c1-16(2,3)23-15(26)22-13(24)9-27-14(25)7-4-10-8-11(17(19,20)21)5-6-12(10)18/h4-8H,9H2,1-3H3,(H2,22,23,24,26)/b7-4+. The number of halogens is 4. The van der Waals surface area contributed by atoms with Gasteiger partial charge in [-0.1, -0.05) is 11.6 Å². The summed E-state index contributed by atoms with van der Waals surface area (Å²) >= 11 is 5.79. The number of hydrogen-bond donors (Lipinski definition) is 2. The maximum atomic E-state index is 12.7. The van der Waals surface area contributed by atoms with Gasteiger partial charge in [-0.2, -0.15) is 13.2 Å². The number of imide groups is 1. The molecular weight excluding hydrogens is 389 g/mol. The third-order valence-electron chi connectivity index (χ3n) is 2.81. The van der Waals surface area contributed by atoms with Crippen LogP contribution in [0, 0.1) is 0 Å². The summed E-state index contributed by atoms with van der Waals surface area (Å²) in [5, 5.41) is 4.44. The van der Waals surface area contributed by atoms with Crippen molar-refractivity contribution in [2.75, 3.05) is 6.61 Å². The number of nitrogens with one attached hydrogen (secondary N) is 2. The van der Waals surface area contributed by atoms with Crippen LogP contribution in [0.3, 0.4) is 0 Å². The fourth-order valence-electron chi connectivity index (χ4n) is 1.72. The molecule has 10 heteroatoms. The Morgan fingerprint density at radius 2 is 1.81 bits per heavy atom. The first-order valence-electron chi connectivity index (χ1n) is 7.61. The lowest BCUT2D eigenvalue weighted by Crippen LogP contribution is -2.49. The molecule has 0 heterocycles. The number of urea groups is 1. The Hall–Kier alpha value is -2.55. The van der Waals surface area contributed by atoms with E-state index >= 15 is 0 Å². The van der Waals surface area contributed by atoms with E-state index in [9.17, 15) is 27.6 Å². The third-order valence-corrected chi connectivity index (χ3v) is 3.15. The van der Waals surface area contributed by atoms with Gasteiger partial charge in [0.2, 0.25) is 0 Å². The van der Waals surface area contributed by atoms with Crippen LogP contribution in [0.5, 0.6) is 0 Å². The lowest BCUT2D eigenvalue weighted by Gasteiger charge is -2.20. The van der Waals surface area contributed by atoms with Gasteiger partial charge >= 0.3 is 18.2 Å². The maximum Gasteiger partial charge on any atom is 0.416 e. The minimum atomic E-state index is -4.56. The van der Waals surface area contributed by atoms with Crippen molar-refractivity contribution >= 4 is 35.6 Å². The Kier molecular flexibility index (Phi) is 7.41. The first kappa shape index (κ1) is 22.5. The average Bonchev–Trinajstić information content (AvgIpc) is 2.49. The topological polar surface area (TPSA) is 84.5 Å². The molecule has 0 radical (unpaired) electrons. The molecule has 0 bridgehead atoms. The molecule has 0 aliphatic heterocycles. The number of alkyl halides is 3. The molecule has 1 aromatic carbocycles. The van der Waals surface area contributed by atoms with Gasteiger partial charge in [0.15, 0.2) is 6.61 Å². The number of carbonyl (C=O) groups is 3. The Bertz CT molecular complexity index is 756. The van der Waals surface area contributed by atoms with Gasteiger partial charge in [0.05, 0.1) is 5.56 Å². The molecule has 0 unspecified atom stereocenters. The van der Waals surface area contributed by atoms with E-state index < -0.39 is 41.8 Å². The second-order valence-electron chi connectivity index (χ2n) is 6.43. The van der Waals surface area contributed by atoms with Gasteiger partial charge in [-0.3, -0.25) is 10.1 Å². The van der Waals surface area contributed by atoms with Crippen molar-refractivity contribution in [3.05, 3.63) is 40.4 Å². The maximum absolute atomic E-state index is 12.7. The van der Waals surface area contributed by atoms with Crippen molar-refractivity contribution in [2.24, 2.45) is 0 Å². The molecule has 0 saturated carbocycles. The number of rotatable bonds is 4. The van der Waals surface area contributed by atoms with Gasteiger partial charge in [-0.05, 0) is 50.6 Å². The summed E-state index contributed by atoms with van der Waals surface area (Å²) in [4.78, 5) is 34.6. The monoisotopic (exact) mass is 406 g/mol. The van der Waals surface area contributed by atoms with Crippen LogP contribution < -0.4 is 10.6 Å². The van der Waals surface area contributed by atoms with E-state index in [-0.39, 0.29) is 10.6 Å². The zero-order valence-corrected chi connectivity index (χ0v) is 15.5. The summed E-state index contributed by atoms with van der Waals surface area (Å²) in [5.74, 6) is -1.86. The number of benzene rings is 1. The quantitative estimate of drug-likeness (QED) is 0.591. The van der Waals surface area contributed by atoms with E-state index in [1.54, 1.807) is 20.8 Å². The fourth-order valence-corrected chi connectivity index (χ4v) is 1.91. The molecule has 0 saturated heterocycles. The van der Waals surface area contributed by atoms with E-state index in [0.29, 0.717) is 0 Å². The van der Waals surface area contributed by atoms with Gasteiger partial charge in [-0.15, -0.1) is 0 Å². The highest BCUT2D eigenvalue weighted by Gasteiger charge is 2.30. The van der Waals surface area contributed by atoms with Crippen molar-refractivity contribution in [1.29, 1.82) is 0 Å². The predicted molar refractivity (Wildman–Crippen MR) is 92.9 cm³/mol. The average molecular weight is 407 g/mol. The molecule has 0 atom stereocenters. The molecule has 2 N–H and O–H groups in total. The minimum absolute atomic E-state index is 0.00337. The molecule has 1 aromatic rings. The van der Waals surface area contributed by atoms with Crippen molar-refractivity contribution in [1.82, 2.24) is 10.6 Å². The van der Waals surface area contributed by atoms with E-state index in [0.717, 1.165) is 30.4 Å². The van der Waals surface area contributed by atoms with Gasteiger partial charge in [0.25, 0.3) is 5.91 Å². The smallest absolute Gasteiger partial charge is 0.416 e. The first-order chi connectivity index (χ1) is 12.3. The number of carbonyl (C=O) groups excluding carboxylic acids is 3. The number of esters is 1. The van der Waals surface area contributed by atoms with Gasteiger partial charge in [-0.25, -0.2) is 9.59 Å². The fraction of sp³-hybridized carbons (Fsp3) is 0.353. The van der Waals surface area contributed by atoms with Crippen LogP contribution in [0.15, 0.2) is 24.3 Å². The molecule has 148 valence electrons. The normalized spacial score (nSPS) is 12.0. The second kappa shape index (κ2) is 8.90. The van der Waals surface area contributed by atoms with Crippen LogP contribution in [0.2, 0.25) is 5.02 Å². The van der Waals surface area contributed by atoms with Gasteiger partial charge in [0, 0.05) is 16.6 Å². The molecule has 6 nitrogen and oxygen atoms in total. The number of hydrogen-bond acceptors (Lipinski definition) is 4. The van der Waals surface area contributed by atoms with E-state index in [2.05, 4.69) is 10.1 Å². The highest BCUT2D eigenvalue weighted by molar-refractivity contribution is 6.32. The van der Waals surface area contributed by atoms with Crippen molar-refractivity contribution in [2.45, 2.75) is 32.5 Å². The van der Waals surface area contributed by atoms with Crippen LogP contribution in [0.1, 0.15) is 31.9 Å². The van der Waals surface area contributed by atoms with Crippen LogP contribution >= 0.6 is 11.6 Å². The van der Waals surface area contributed by atoms with Crippen molar-refractivity contribution < 1.29 is 32.3 Å².